The first kappa shape index (κ1) is 32.8. The van der Waals surface area contributed by atoms with Crippen LogP contribution in [0.1, 0.15) is 32.3 Å². The van der Waals surface area contributed by atoms with Crippen molar-refractivity contribution in [1.29, 1.82) is 5.26 Å². The number of alkyl halides is 13. The van der Waals surface area contributed by atoms with Gasteiger partial charge in [-0.25, -0.2) is 4.79 Å². The Labute approximate surface area is 204 Å². The van der Waals surface area contributed by atoms with Crippen molar-refractivity contribution in [3.8, 4) is 6.07 Å². The number of rotatable bonds is 10. The molecule has 0 saturated carbocycles. The van der Waals surface area contributed by atoms with E-state index in [0.717, 1.165) is 0 Å². The van der Waals surface area contributed by atoms with E-state index in [-0.39, 0.29) is 5.56 Å². The molecule has 0 heterocycles. The average molecular weight is 578 g/mol. The third-order valence-electron chi connectivity index (χ3n) is 4.76. The topological polar surface area (TPSA) is 71.7 Å². The quantitative estimate of drug-likeness (QED) is 0.0957. The number of nitrogens with zero attached hydrogens (tertiary/aromatic N) is 2. The molecule has 5 nitrogen and oxygen atoms in total. The summed E-state index contributed by atoms with van der Waals surface area (Å²) >= 11 is 0. The van der Waals surface area contributed by atoms with Crippen molar-refractivity contribution in [1.82, 2.24) is 0 Å². The number of nitriles is 1. The molecule has 0 bridgehead atoms. The lowest BCUT2D eigenvalue weighted by Gasteiger charge is -2.40. The second-order valence-electron chi connectivity index (χ2n) is 8.12. The van der Waals surface area contributed by atoms with Crippen LogP contribution in [-0.2, 0) is 9.57 Å². The molecule has 0 saturated heterocycles. The minimum atomic E-state index is -8.00. The van der Waals surface area contributed by atoms with E-state index in [9.17, 15) is 61.9 Å². The number of hydrogen-bond acceptors (Lipinski definition) is 5. The molecular weight excluding hydrogens is 563 g/mol. The zero-order chi connectivity index (χ0) is 30.0. The molecule has 0 aliphatic carbocycles. The second kappa shape index (κ2) is 10.5. The van der Waals surface area contributed by atoms with E-state index in [4.69, 9.17) is 5.26 Å². The smallest absolute Gasteiger partial charge is 0.427 e. The predicted octanol–water partition coefficient (Wildman–Crippen LogP) is 7.37. The van der Waals surface area contributed by atoms with Gasteiger partial charge in [-0.2, -0.15) is 62.3 Å². The molecule has 0 unspecified atom stereocenters. The van der Waals surface area contributed by atoms with E-state index >= 15 is 0 Å². The van der Waals surface area contributed by atoms with Crippen molar-refractivity contribution in [3.63, 3.8) is 0 Å². The third-order valence-corrected chi connectivity index (χ3v) is 4.76. The van der Waals surface area contributed by atoms with Crippen molar-refractivity contribution in [2.45, 2.75) is 68.1 Å². The molecule has 0 N–H and O–H groups in total. The van der Waals surface area contributed by atoms with Gasteiger partial charge in [0.15, 0.2) is 5.71 Å². The van der Waals surface area contributed by atoms with E-state index in [1.165, 1.54) is 30.3 Å². The fraction of sp³-hybridized carbons (Fsp3) is 0.550. The lowest BCUT2D eigenvalue weighted by Crippen LogP contribution is -2.70. The van der Waals surface area contributed by atoms with Crippen LogP contribution in [0.5, 0.6) is 0 Å². The van der Waals surface area contributed by atoms with Crippen molar-refractivity contribution in [2.75, 3.05) is 0 Å². The summed E-state index contributed by atoms with van der Waals surface area (Å²) in [5.74, 6) is -37.5. The summed E-state index contributed by atoms with van der Waals surface area (Å²) in [5.41, 5.74) is -2.69. The van der Waals surface area contributed by atoms with Crippen LogP contribution in [0.3, 0.4) is 0 Å². The van der Waals surface area contributed by atoms with Crippen molar-refractivity contribution < 1.29 is 71.4 Å². The maximum absolute atomic E-state index is 13.9. The van der Waals surface area contributed by atoms with Crippen LogP contribution in [0, 0.1) is 11.3 Å². The fourth-order valence-corrected chi connectivity index (χ4v) is 2.53. The summed E-state index contributed by atoms with van der Waals surface area (Å²) in [4.78, 5) is 15.9. The maximum atomic E-state index is 13.9. The number of carbonyl (C=O) groups excluding carboxylic acids is 1. The maximum Gasteiger partial charge on any atom is 0.535 e. The Morgan fingerprint density at radius 3 is 1.71 bits per heavy atom. The molecule has 214 valence electrons. The number of carbonyl (C=O) groups is 1. The van der Waals surface area contributed by atoms with E-state index in [0.29, 0.717) is 13.8 Å². The predicted molar refractivity (Wildman–Crippen MR) is 100 cm³/mol. The molecule has 0 spiro atoms. The summed E-state index contributed by atoms with van der Waals surface area (Å²) in [6.45, 7) is 1.41. The Morgan fingerprint density at radius 2 is 1.26 bits per heavy atom. The fourth-order valence-electron chi connectivity index (χ4n) is 2.53. The normalized spacial score (nSPS) is 14.6. The van der Waals surface area contributed by atoms with Crippen molar-refractivity contribution >= 4 is 11.9 Å². The first-order valence-corrected chi connectivity index (χ1v) is 9.77. The molecule has 0 aliphatic rings. The molecule has 0 atom stereocenters. The number of benzene rings is 1. The Balaban J connectivity index is 3.04. The lowest BCUT2D eigenvalue weighted by molar-refractivity contribution is -0.440. The molecule has 0 aromatic heterocycles. The summed E-state index contributed by atoms with van der Waals surface area (Å²) in [6, 6.07) is 8.70. The van der Waals surface area contributed by atoms with Crippen LogP contribution < -0.4 is 0 Å². The van der Waals surface area contributed by atoms with Crippen LogP contribution in [0.4, 0.5) is 61.9 Å². The third kappa shape index (κ3) is 6.23. The average Bonchev–Trinajstić information content (AvgIpc) is 2.77. The van der Waals surface area contributed by atoms with Crippen LogP contribution in [0.15, 0.2) is 35.5 Å². The van der Waals surface area contributed by atoms with Crippen LogP contribution >= 0.6 is 0 Å². The monoisotopic (exact) mass is 578 g/mol. The van der Waals surface area contributed by atoms with Gasteiger partial charge in [0.2, 0.25) is 0 Å². The highest BCUT2D eigenvalue weighted by Gasteiger charge is 2.90. The number of halogens is 13. The van der Waals surface area contributed by atoms with Crippen LogP contribution in [0.2, 0.25) is 0 Å². The summed E-state index contributed by atoms with van der Waals surface area (Å²) < 4.78 is 176. The van der Waals surface area contributed by atoms with Gasteiger partial charge in [0.25, 0.3) is 0 Å². The van der Waals surface area contributed by atoms with E-state index in [2.05, 4.69) is 14.7 Å². The van der Waals surface area contributed by atoms with E-state index in [1.54, 1.807) is 6.07 Å². The molecule has 1 aromatic rings. The van der Waals surface area contributed by atoms with Gasteiger partial charge in [-0.1, -0.05) is 35.5 Å². The van der Waals surface area contributed by atoms with E-state index < -0.39 is 66.1 Å². The second-order valence-corrected chi connectivity index (χ2v) is 8.12. The largest absolute Gasteiger partial charge is 0.535 e. The standard InChI is InChI=1S/C20H15F13N2O3/c1-14(2,37-13(36)38-35-12(10-34)11-6-4-3-5-7-11)8-9-15(21,22)16(23,24)17(25,26)18(27,28)19(29,30)20(31,32)33/h3-7H,8-9H2,1-2H3/b35-12+. The van der Waals surface area contributed by atoms with Gasteiger partial charge in [0.05, 0.1) is 0 Å². The highest BCUT2D eigenvalue weighted by atomic mass is 19.4. The van der Waals surface area contributed by atoms with Crippen molar-refractivity contribution in [2.24, 2.45) is 5.16 Å². The Kier molecular flexibility index (Phi) is 9.04. The highest BCUT2D eigenvalue weighted by molar-refractivity contribution is 6.11. The first-order valence-electron chi connectivity index (χ1n) is 9.77. The molecule has 0 amide bonds. The van der Waals surface area contributed by atoms with Gasteiger partial charge in [-0.15, -0.1) is 0 Å². The molecule has 1 aromatic carbocycles. The Bertz CT molecular complexity index is 1060. The minimum absolute atomic E-state index is 0.137. The van der Waals surface area contributed by atoms with Gasteiger partial charge >= 0.3 is 41.9 Å². The van der Waals surface area contributed by atoms with Crippen molar-refractivity contribution in [3.05, 3.63) is 35.9 Å². The number of oxime groups is 1. The van der Waals surface area contributed by atoms with Crippen LogP contribution in [-0.4, -0.2) is 53.3 Å². The van der Waals surface area contributed by atoms with E-state index in [1.807, 2.05) is 0 Å². The Morgan fingerprint density at radius 1 is 0.789 bits per heavy atom. The minimum Gasteiger partial charge on any atom is -0.427 e. The van der Waals surface area contributed by atoms with Gasteiger partial charge in [-0.05, 0) is 20.3 Å². The lowest BCUT2D eigenvalue weighted by atomic mass is 9.89. The molecule has 38 heavy (non-hydrogen) atoms. The molecule has 18 heteroatoms. The number of hydrogen-bond donors (Lipinski definition) is 0. The summed E-state index contributed by atoms with van der Waals surface area (Å²) in [5, 5.41) is 12.1. The highest BCUT2D eigenvalue weighted by Crippen LogP contribution is 2.60. The summed E-state index contributed by atoms with van der Waals surface area (Å²) in [6.07, 6.45) is -13.5. The molecule has 0 radical (unpaired) electrons. The van der Waals surface area contributed by atoms with Gasteiger partial charge in [-0.3, -0.25) is 4.84 Å². The first-order chi connectivity index (χ1) is 16.9. The Hall–Kier alpha value is -3.26. The zero-order valence-electron chi connectivity index (χ0n) is 18.8. The SMILES string of the molecule is CC(C)(CCC(F)(F)C(F)(F)C(F)(F)C(F)(F)C(F)(F)C(F)(F)F)OC(=O)O/N=C(\C#N)c1ccccc1. The van der Waals surface area contributed by atoms with Gasteiger partial charge in [0.1, 0.15) is 11.7 Å². The molecule has 1 rings (SSSR count). The summed E-state index contributed by atoms with van der Waals surface area (Å²) in [7, 11) is 0. The molecule has 0 aliphatic heterocycles. The molecular formula is C20H15F13N2O3. The van der Waals surface area contributed by atoms with Crippen LogP contribution in [0.25, 0.3) is 0 Å². The zero-order valence-corrected chi connectivity index (χ0v) is 18.8. The van der Waals surface area contributed by atoms with Gasteiger partial charge in [0, 0.05) is 12.0 Å². The number of ether oxygens (including phenoxy) is 1. The molecule has 0 fully saturated rings. The van der Waals surface area contributed by atoms with Gasteiger partial charge < -0.3 is 4.74 Å².